The van der Waals surface area contributed by atoms with Gasteiger partial charge in [0.25, 0.3) is 0 Å². The second kappa shape index (κ2) is 6.33. The molecule has 0 aliphatic carbocycles. The molecule has 1 amide bonds. The van der Waals surface area contributed by atoms with Crippen LogP contribution < -0.4 is 10.6 Å². The van der Waals surface area contributed by atoms with Crippen LogP contribution in [0.1, 0.15) is 23.7 Å². The van der Waals surface area contributed by atoms with E-state index in [0.29, 0.717) is 22.3 Å². The largest absolute Gasteiger partial charge is 0.357 e. The number of hydrogen-bond acceptors (Lipinski definition) is 5. The zero-order valence-electron chi connectivity index (χ0n) is 14.4. The van der Waals surface area contributed by atoms with E-state index in [1.54, 1.807) is 39.5 Å². The Morgan fingerprint density at radius 2 is 2.08 bits per heavy atom. The predicted octanol–water partition coefficient (Wildman–Crippen LogP) is 3.66. The van der Waals surface area contributed by atoms with Crippen molar-refractivity contribution in [3.05, 3.63) is 35.2 Å². The lowest BCUT2D eigenvalue weighted by atomic mass is 10.0. The van der Waals surface area contributed by atoms with Crippen molar-refractivity contribution in [1.29, 1.82) is 0 Å². The molecule has 0 saturated heterocycles. The quantitative estimate of drug-likeness (QED) is 0.656. The number of aromatic amines is 1. The summed E-state index contributed by atoms with van der Waals surface area (Å²) in [6.07, 6.45) is 5.10. The fraction of sp³-hybridized carbons (Fsp3) is 0.294. The standard InChI is InChI=1S/C17H19ClN6O.3H2/c1-9-6-20-15(23-13(9)24-17(2,3)16(25)19-4)12-8-22-14-11(12)5-10(18)7-21-14;;;/h5-8H,1-4H3,(H,19,25)(H,21,22)(H,20,23,24);3*1H. The molecule has 0 atom stereocenters. The molecule has 3 heterocycles. The number of carbonyl (C=O) groups excluding carboxylic acids is 1. The third-order valence-electron chi connectivity index (χ3n) is 3.94. The van der Waals surface area contributed by atoms with E-state index in [-0.39, 0.29) is 10.2 Å². The lowest BCUT2D eigenvalue weighted by molar-refractivity contribution is -0.124. The van der Waals surface area contributed by atoms with Gasteiger partial charge in [-0.05, 0) is 26.8 Å². The summed E-state index contributed by atoms with van der Waals surface area (Å²) >= 11 is 6.06. The van der Waals surface area contributed by atoms with Crippen LogP contribution in [-0.4, -0.2) is 38.4 Å². The molecule has 0 aliphatic rings. The molecule has 0 saturated carbocycles. The Bertz CT molecular complexity index is 963. The number of hydrogen-bond donors (Lipinski definition) is 3. The Labute approximate surface area is 154 Å². The van der Waals surface area contributed by atoms with Crippen molar-refractivity contribution in [2.45, 2.75) is 26.3 Å². The van der Waals surface area contributed by atoms with E-state index < -0.39 is 5.54 Å². The van der Waals surface area contributed by atoms with Crippen LogP contribution in [0.25, 0.3) is 22.4 Å². The van der Waals surface area contributed by atoms with Crippen LogP contribution in [-0.2, 0) is 4.79 Å². The molecule has 136 valence electrons. The van der Waals surface area contributed by atoms with Crippen LogP contribution in [0.4, 0.5) is 5.82 Å². The van der Waals surface area contributed by atoms with E-state index in [0.717, 1.165) is 16.5 Å². The van der Waals surface area contributed by atoms with Crippen molar-refractivity contribution in [2.75, 3.05) is 12.4 Å². The summed E-state index contributed by atoms with van der Waals surface area (Å²) in [4.78, 5) is 28.4. The summed E-state index contributed by atoms with van der Waals surface area (Å²) in [5, 5.41) is 7.21. The maximum atomic E-state index is 12.0. The topological polar surface area (TPSA) is 95.6 Å². The number of rotatable bonds is 4. The van der Waals surface area contributed by atoms with Crippen molar-refractivity contribution in [1.82, 2.24) is 25.3 Å². The van der Waals surface area contributed by atoms with Crippen molar-refractivity contribution >= 4 is 34.4 Å². The van der Waals surface area contributed by atoms with Crippen molar-refractivity contribution in [3.8, 4) is 11.4 Å². The molecule has 25 heavy (non-hydrogen) atoms. The first-order valence-electron chi connectivity index (χ1n) is 7.79. The monoisotopic (exact) mass is 364 g/mol. The van der Waals surface area contributed by atoms with Crippen LogP contribution >= 0.6 is 11.6 Å². The van der Waals surface area contributed by atoms with Gasteiger partial charge in [-0.15, -0.1) is 0 Å². The molecule has 3 rings (SSSR count). The number of halogens is 1. The van der Waals surface area contributed by atoms with E-state index in [9.17, 15) is 4.79 Å². The lowest BCUT2D eigenvalue weighted by Crippen LogP contribution is -2.47. The highest BCUT2D eigenvalue weighted by molar-refractivity contribution is 6.31. The summed E-state index contributed by atoms with van der Waals surface area (Å²) in [6, 6.07) is 1.82. The molecule has 0 spiro atoms. The molecule has 3 N–H and O–H groups in total. The molecular formula is C17H25ClN6O. The minimum absolute atomic E-state index is 0. The summed E-state index contributed by atoms with van der Waals surface area (Å²) in [6.45, 7) is 5.48. The van der Waals surface area contributed by atoms with Gasteiger partial charge in [-0.3, -0.25) is 4.79 Å². The highest BCUT2D eigenvalue weighted by Gasteiger charge is 2.27. The zero-order chi connectivity index (χ0) is 18.2. The number of pyridine rings is 1. The fourth-order valence-electron chi connectivity index (χ4n) is 2.53. The van der Waals surface area contributed by atoms with E-state index in [2.05, 4.69) is 30.6 Å². The van der Waals surface area contributed by atoms with Gasteiger partial charge in [0.05, 0.1) is 5.02 Å². The Morgan fingerprint density at radius 1 is 1.32 bits per heavy atom. The number of aromatic nitrogens is 4. The van der Waals surface area contributed by atoms with Gasteiger partial charge in [0.2, 0.25) is 5.91 Å². The van der Waals surface area contributed by atoms with Crippen LogP contribution in [0.15, 0.2) is 24.7 Å². The van der Waals surface area contributed by atoms with Gasteiger partial charge < -0.3 is 15.6 Å². The van der Waals surface area contributed by atoms with Crippen molar-refractivity contribution in [2.24, 2.45) is 0 Å². The number of amides is 1. The molecule has 0 fully saturated rings. The number of likely N-dealkylation sites (N-methyl/N-ethyl adjacent to an activating group) is 1. The third kappa shape index (κ3) is 3.28. The van der Waals surface area contributed by atoms with E-state index >= 15 is 0 Å². The summed E-state index contributed by atoms with van der Waals surface area (Å²) in [5.41, 5.74) is 1.54. The molecule has 8 heteroatoms. The minimum Gasteiger partial charge on any atom is -0.357 e. The van der Waals surface area contributed by atoms with Gasteiger partial charge in [-0.25, -0.2) is 15.0 Å². The number of nitrogens with one attached hydrogen (secondary N) is 3. The summed E-state index contributed by atoms with van der Waals surface area (Å²) in [7, 11) is 1.60. The lowest BCUT2D eigenvalue weighted by Gasteiger charge is -2.25. The first kappa shape index (κ1) is 17.2. The Balaban J connectivity index is 0.00000243. The molecule has 3 aromatic rings. The van der Waals surface area contributed by atoms with Gasteiger partial charge in [-0.1, -0.05) is 11.6 Å². The van der Waals surface area contributed by atoms with Crippen LogP contribution in [0, 0.1) is 6.92 Å². The molecule has 0 unspecified atom stereocenters. The van der Waals surface area contributed by atoms with Crippen LogP contribution in [0.2, 0.25) is 5.02 Å². The van der Waals surface area contributed by atoms with Crippen molar-refractivity contribution in [3.63, 3.8) is 0 Å². The second-order valence-corrected chi connectivity index (χ2v) is 6.74. The number of aryl methyl sites for hydroxylation is 1. The van der Waals surface area contributed by atoms with Gasteiger partial charge in [0.15, 0.2) is 5.82 Å². The second-order valence-electron chi connectivity index (χ2n) is 6.31. The average Bonchev–Trinajstić information content (AvgIpc) is 2.98. The zero-order valence-corrected chi connectivity index (χ0v) is 15.2. The first-order valence-corrected chi connectivity index (χ1v) is 8.16. The molecule has 0 aromatic carbocycles. The van der Waals surface area contributed by atoms with Crippen LogP contribution in [0.3, 0.4) is 0 Å². The van der Waals surface area contributed by atoms with Gasteiger partial charge >= 0.3 is 0 Å². The maximum absolute atomic E-state index is 12.0. The minimum atomic E-state index is -0.809. The maximum Gasteiger partial charge on any atom is 0.244 e. The van der Waals surface area contributed by atoms with Gasteiger partial charge in [0, 0.05) is 46.4 Å². The average molecular weight is 365 g/mol. The molecule has 3 aromatic heterocycles. The Morgan fingerprint density at radius 3 is 2.80 bits per heavy atom. The molecule has 7 nitrogen and oxygen atoms in total. The van der Waals surface area contributed by atoms with E-state index in [1.165, 1.54) is 0 Å². The smallest absolute Gasteiger partial charge is 0.244 e. The van der Waals surface area contributed by atoms with Crippen molar-refractivity contribution < 1.29 is 9.07 Å². The number of nitrogens with zero attached hydrogens (tertiary/aromatic N) is 3. The molecule has 0 aliphatic heterocycles. The summed E-state index contributed by atoms with van der Waals surface area (Å²) in [5.74, 6) is 0.995. The highest BCUT2D eigenvalue weighted by Crippen LogP contribution is 2.28. The Kier molecular flexibility index (Phi) is 4.34. The molecule has 0 bridgehead atoms. The predicted molar refractivity (Wildman–Crippen MR) is 105 cm³/mol. The first-order chi connectivity index (χ1) is 11.8. The normalized spacial score (nSPS) is 11.6. The molecule has 0 radical (unpaired) electrons. The Hall–Kier alpha value is -2.67. The van der Waals surface area contributed by atoms with E-state index in [1.807, 2.05) is 13.0 Å². The number of carbonyl (C=O) groups is 1. The number of anilines is 1. The molecular weight excluding hydrogens is 340 g/mol. The summed E-state index contributed by atoms with van der Waals surface area (Å²) < 4.78 is 0. The number of fused-ring (bicyclic) bond motifs is 1. The SMILES string of the molecule is CNC(=O)C(C)(C)Nc1nc(-c2c[nH]c3ncc(Cl)cc23)ncc1C.[HH].[HH].[HH]. The third-order valence-corrected chi connectivity index (χ3v) is 4.14. The van der Waals surface area contributed by atoms with Crippen LogP contribution in [0.5, 0.6) is 0 Å². The van der Waals surface area contributed by atoms with Gasteiger partial charge in [0.1, 0.15) is 17.0 Å². The van der Waals surface area contributed by atoms with E-state index in [4.69, 9.17) is 11.6 Å². The van der Waals surface area contributed by atoms with Gasteiger partial charge in [-0.2, -0.15) is 0 Å². The highest BCUT2D eigenvalue weighted by atomic mass is 35.5. The fourth-order valence-corrected chi connectivity index (χ4v) is 2.68. The number of H-pyrrole nitrogens is 1.